The van der Waals surface area contributed by atoms with Crippen LogP contribution in [-0.2, 0) is 4.79 Å². The molecule has 0 aliphatic heterocycles. The van der Waals surface area contributed by atoms with Crippen LogP contribution in [0.2, 0.25) is 0 Å². The Bertz CT molecular complexity index is 377. The minimum Gasteiger partial charge on any atom is -0.481 e. The first-order valence-electron chi connectivity index (χ1n) is 4.92. The van der Waals surface area contributed by atoms with E-state index in [1.54, 1.807) is 30.3 Å². The van der Waals surface area contributed by atoms with Gasteiger partial charge in [-0.15, -0.1) is 0 Å². The molecule has 5 heteroatoms. The number of benzene rings is 1. The molecule has 0 saturated heterocycles. The molecule has 1 aromatic carbocycles. The van der Waals surface area contributed by atoms with Gasteiger partial charge >= 0.3 is 5.97 Å². The Kier molecular flexibility index (Phi) is 3.99. The second-order valence-corrected chi connectivity index (χ2v) is 3.64. The zero-order valence-electron chi connectivity index (χ0n) is 8.87. The zero-order chi connectivity index (χ0) is 12.1. The van der Waals surface area contributed by atoms with E-state index < -0.39 is 22.9 Å². The SMILES string of the molecule is CC(C(CC(=O)O)c1ccccc1)[N+](=O)[O-]. The van der Waals surface area contributed by atoms with Crippen molar-refractivity contribution in [3.8, 4) is 0 Å². The Hall–Kier alpha value is -1.91. The van der Waals surface area contributed by atoms with E-state index in [4.69, 9.17) is 5.11 Å². The molecule has 0 radical (unpaired) electrons. The average molecular weight is 223 g/mol. The van der Waals surface area contributed by atoms with Gasteiger partial charge in [-0.05, 0) is 5.56 Å². The Balaban J connectivity index is 2.96. The van der Waals surface area contributed by atoms with Crippen LogP contribution in [0.1, 0.15) is 24.8 Å². The number of rotatable bonds is 5. The predicted octanol–water partition coefficient (Wildman–Crippen LogP) is 1.91. The molecule has 0 heterocycles. The van der Waals surface area contributed by atoms with Crippen LogP contribution in [-0.4, -0.2) is 22.0 Å². The van der Waals surface area contributed by atoms with Crippen LogP contribution in [0.3, 0.4) is 0 Å². The predicted molar refractivity (Wildman–Crippen MR) is 57.9 cm³/mol. The maximum absolute atomic E-state index is 10.7. The Morgan fingerprint density at radius 3 is 2.44 bits per heavy atom. The van der Waals surface area contributed by atoms with E-state index >= 15 is 0 Å². The largest absolute Gasteiger partial charge is 0.481 e. The first-order chi connectivity index (χ1) is 7.52. The molecule has 0 spiro atoms. The quantitative estimate of drug-likeness (QED) is 0.610. The summed E-state index contributed by atoms with van der Waals surface area (Å²) in [5.74, 6) is -1.61. The summed E-state index contributed by atoms with van der Waals surface area (Å²) in [6, 6.07) is 7.81. The van der Waals surface area contributed by atoms with E-state index in [0.717, 1.165) is 0 Å². The normalized spacial score (nSPS) is 14.1. The third-order valence-corrected chi connectivity index (χ3v) is 2.54. The number of nitrogens with zero attached hydrogens (tertiary/aromatic N) is 1. The topological polar surface area (TPSA) is 80.4 Å². The molecule has 1 aromatic rings. The van der Waals surface area contributed by atoms with Gasteiger partial charge in [0, 0.05) is 11.8 Å². The number of carbonyl (C=O) groups is 1. The summed E-state index contributed by atoms with van der Waals surface area (Å²) in [5, 5.41) is 19.5. The molecule has 1 rings (SSSR count). The van der Waals surface area contributed by atoms with Gasteiger partial charge < -0.3 is 5.11 Å². The number of hydrogen-bond donors (Lipinski definition) is 1. The number of nitro groups is 1. The summed E-state index contributed by atoms with van der Waals surface area (Å²) in [6.07, 6.45) is -0.230. The molecule has 2 atom stereocenters. The summed E-state index contributed by atoms with van der Waals surface area (Å²) in [6.45, 7) is 1.43. The summed E-state index contributed by atoms with van der Waals surface area (Å²) in [4.78, 5) is 21.0. The van der Waals surface area contributed by atoms with Crippen LogP contribution in [0.25, 0.3) is 0 Å². The molecule has 0 aliphatic carbocycles. The molecular formula is C11H13NO4. The van der Waals surface area contributed by atoms with Gasteiger partial charge in [-0.3, -0.25) is 14.9 Å². The Morgan fingerprint density at radius 1 is 1.44 bits per heavy atom. The lowest BCUT2D eigenvalue weighted by molar-refractivity contribution is -0.522. The fourth-order valence-electron chi connectivity index (χ4n) is 1.60. The highest BCUT2D eigenvalue weighted by molar-refractivity contribution is 5.68. The first kappa shape index (κ1) is 12.2. The maximum Gasteiger partial charge on any atom is 0.304 e. The molecule has 0 amide bonds. The monoisotopic (exact) mass is 223 g/mol. The van der Waals surface area contributed by atoms with Crippen molar-refractivity contribution in [2.24, 2.45) is 0 Å². The van der Waals surface area contributed by atoms with Gasteiger partial charge in [0.25, 0.3) is 0 Å². The van der Waals surface area contributed by atoms with Crippen molar-refractivity contribution in [1.29, 1.82) is 0 Å². The van der Waals surface area contributed by atoms with Crippen molar-refractivity contribution in [2.75, 3.05) is 0 Å². The minimum absolute atomic E-state index is 0.230. The molecule has 0 aliphatic rings. The fourth-order valence-corrected chi connectivity index (χ4v) is 1.60. The Morgan fingerprint density at radius 2 is 2.00 bits per heavy atom. The molecule has 0 fully saturated rings. The van der Waals surface area contributed by atoms with Crippen LogP contribution in [0.15, 0.2) is 30.3 Å². The van der Waals surface area contributed by atoms with Crippen LogP contribution in [0.4, 0.5) is 0 Å². The lowest BCUT2D eigenvalue weighted by atomic mass is 9.90. The van der Waals surface area contributed by atoms with Crippen LogP contribution in [0, 0.1) is 10.1 Å². The highest BCUT2D eigenvalue weighted by atomic mass is 16.6. The van der Waals surface area contributed by atoms with Crippen molar-refractivity contribution in [3.63, 3.8) is 0 Å². The third-order valence-electron chi connectivity index (χ3n) is 2.54. The maximum atomic E-state index is 10.7. The zero-order valence-corrected chi connectivity index (χ0v) is 8.87. The van der Waals surface area contributed by atoms with Crippen molar-refractivity contribution in [2.45, 2.75) is 25.3 Å². The lowest BCUT2D eigenvalue weighted by Crippen LogP contribution is -2.26. The summed E-state index contributed by atoms with van der Waals surface area (Å²) in [5.41, 5.74) is 0.689. The summed E-state index contributed by atoms with van der Waals surface area (Å²) >= 11 is 0. The van der Waals surface area contributed by atoms with Crippen molar-refractivity contribution >= 4 is 5.97 Å². The van der Waals surface area contributed by atoms with E-state index in [-0.39, 0.29) is 6.42 Å². The van der Waals surface area contributed by atoms with Gasteiger partial charge in [-0.2, -0.15) is 0 Å². The van der Waals surface area contributed by atoms with E-state index in [1.165, 1.54) is 6.92 Å². The van der Waals surface area contributed by atoms with Crippen LogP contribution >= 0.6 is 0 Å². The minimum atomic E-state index is -1.03. The Labute approximate surface area is 92.9 Å². The number of aliphatic carboxylic acids is 1. The molecule has 2 unspecified atom stereocenters. The molecule has 0 saturated carbocycles. The van der Waals surface area contributed by atoms with E-state index in [2.05, 4.69) is 0 Å². The van der Waals surface area contributed by atoms with Crippen LogP contribution < -0.4 is 0 Å². The summed E-state index contributed by atoms with van der Waals surface area (Å²) < 4.78 is 0. The number of carboxylic acid groups (broad SMARTS) is 1. The molecule has 86 valence electrons. The van der Waals surface area contributed by atoms with Gasteiger partial charge in [0.05, 0.1) is 12.3 Å². The first-order valence-corrected chi connectivity index (χ1v) is 4.92. The number of carboxylic acids is 1. The highest BCUT2D eigenvalue weighted by Gasteiger charge is 2.29. The molecule has 0 aromatic heterocycles. The van der Waals surface area contributed by atoms with Gasteiger partial charge in [-0.1, -0.05) is 30.3 Å². The van der Waals surface area contributed by atoms with Gasteiger partial charge in [0.2, 0.25) is 6.04 Å². The third kappa shape index (κ3) is 3.05. The molecule has 1 N–H and O–H groups in total. The van der Waals surface area contributed by atoms with Gasteiger partial charge in [0.15, 0.2) is 0 Å². The smallest absolute Gasteiger partial charge is 0.304 e. The molecule has 16 heavy (non-hydrogen) atoms. The van der Waals surface area contributed by atoms with E-state index in [9.17, 15) is 14.9 Å². The second-order valence-electron chi connectivity index (χ2n) is 3.64. The van der Waals surface area contributed by atoms with Gasteiger partial charge in [-0.25, -0.2) is 0 Å². The summed E-state index contributed by atoms with van der Waals surface area (Å²) in [7, 11) is 0. The fraction of sp³-hybridized carbons (Fsp3) is 0.364. The van der Waals surface area contributed by atoms with Crippen molar-refractivity contribution < 1.29 is 14.8 Å². The lowest BCUT2D eigenvalue weighted by Gasteiger charge is -2.16. The molecular weight excluding hydrogens is 210 g/mol. The average Bonchev–Trinajstić information content (AvgIpc) is 2.26. The van der Waals surface area contributed by atoms with Gasteiger partial charge in [0.1, 0.15) is 0 Å². The standard InChI is InChI=1S/C11H13NO4/c1-8(12(15)16)10(7-11(13)14)9-5-3-2-4-6-9/h2-6,8,10H,7H2,1H3,(H,13,14). The van der Waals surface area contributed by atoms with E-state index in [0.29, 0.717) is 5.56 Å². The molecule has 5 nitrogen and oxygen atoms in total. The van der Waals surface area contributed by atoms with Crippen LogP contribution in [0.5, 0.6) is 0 Å². The molecule has 0 bridgehead atoms. The second kappa shape index (κ2) is 5.25. The number of hydrogen-bond acceptors (Lipinski definition) is 3. The highest BCUT2D eigenvalue weighted by Crippen LogP contribution is 2.24. The van der Waals surface area contributed by atoms with Crippen molar-refractivity contribution in [3.05, 3.63) is 46.0 Å². The van der Waals surface area contributed by atoms with E-state index in [1.807, 2.05) is 0 Å². The van der Waals surface area contributed by atoms with Crippen molar-refractivity contribution in [1.82, 2.24) is 0 Å².